The van der Waals surface area contributed by atoms with Crippen LogP contribution >= 0.6 is 0 Å². The number of aliphatic hydroxyl groups excluding tert-OH is 1. The molecule has 1 atom stereocenters. The van der Waals surface area contributed by atoms with Crippen molar-refractivity contribution in [2.24, 2.45) is 0 Å². The Labute approximate surface area is 161 Å². The molecule has 0 amide bonds. The van der Waals surface area contributed by atoms with Crippen molar-refractivity contribution in [2.45, 2.75) is 15.9 Å². The van der Waals surface area contributed by atoms with Crippen LogP contribution < -0.4 is 4.72 Å². The van der Waals surface area contributed by atoms with Crippen molar-refractivity contribution in [3.63, 3.8) is 0 Å². The van der Waals surface area contributed by atoms with E-state index >= 15 is 0 Å². The molecule has 0 saturated heterocycles. The Kier molecular flexibility index (Phi) is 6.46. The molecule has 0 saturated carbocycles. The third kappa shape index (κ3) is 4.69. The van der Waals surface area contributed by atoms with Gasteiger partial charge in [-0.3, -0.25) is 15.1 Å². The lowest BCUT2D eigenvalue weighted by atomic mass is 10.2. The lowest BCUT2D eigenvalue weighted by Gasteiger charge is -2.14. The van der Waals surface area contributed by atoms with Crippen LogP contribution in [0.3, 0.4) is 0 Å². The van der Waals surface area contributed by atoms with Crippen LogP contribution in [0.25, 0.3) is 0 Å². The maximum Gasteiger partial charge on any atom is 0.290 e. The number of nitrogens with zero attached hydrogens (tertiary/aromatic N) is 3. The molecule has 2 N–H and O–H groups in total. The standard InChI is InChI=1S/C15H18N4O7S2/c1-18(2)28(25,26)11-6-7-15(13(9-11)19(21)22)27(23,24)17-10-14(20)12-5-3-4-8-16-12/h3-9,14,17,20H,10H2,1-2H3/t14-/m0/s1. The monoisotopic (exact) mass is 430 g/mol. The van der Waals surface area contributed by atoms with E-state index in [0.29, 0.717) is 6.07 Å². The van der Waals surface area contributed by atoms with Gasteiger partial charge in [-0.15, -0.1) is 0 Å². The molecule has 0 radical (unpaired) electrons. The smallest absolute Gasteiger partial charge is 0.290 e. The molecule has 1 aromatic carbocycles. The summed E-state index contributed by atoms with van der Waals surface area (Å²) in [5, 5.41) is 21.3. The molecule has 2 rings (SSSR count). The molecule has 152 valence electrons. The van der Waals surface area contributed by atoms with Crippen molar-refractivity contribution in [1.29, 1.82) is 0 Å². The zero-order chi connectivity index (χ0) is 21.1. The minimum absolute atomic E-state index is 0.215. The largest absolute Gasteiger partial charge is 0.385 e. The van der Waals surface area contributed by atoms with E-state index in [2.05, 4.69) is 9.71 Å². The number of pyridine rings is 1. The first-order valence-corrected chi connectivity index (χ1v) is 10.7. The van der Waals surface area contributed by atoms with Crippen LogP contribution in [0.4, 0.5) is 5.69 Å². The molecule has 1 aromatic heterocycles. The van der Waals surface area contributed by atoms with Gasteiger partial charge in [0.1, 0.15) is 6.10 Å². The van der Waals surface area contributed by atoms with Crippen molar-refractivity contribution < 1.29 is 26.9 Å². The minimum Gasteiger partial charge on any atom is -0.385 e. The summed E-state index contributed by atoms with van der Waals surface area (Å²) < 4.78 is 52.2. The molecule has 0 bridgehead atoms. The highest BCUT2D eigenvalue weighted by Gasteiger charge is 2.30. The highest BCUT2D eigenvalue weighted by Crippen LogP contribution is 2.28. The van der Waals surface area contributed by atoms with E-state index in [9.17, 15) is 32.1 Å². The summed E-state index contributed by atoms with van der Waals surface area (Å²) in [6, 6.07) is 7.19. The molecule has 1 heterocycles. The van der Waals surface area contributed by atoms with Gasteiger partial charge in [-0.2, -0.15) is 0 Å². The lowest BCUT2D eigenvalue weighted by molar-refractivity contribution is -0.388. The third-order valence-corrected chi connectivity index (χ3v) is 6.97. The third-order valence-electron chi connectivity index (χ3n) is 3.69. The van der Waals surface area contributed by atoms with Crippen molar-refractivity contribution in [3.05, 3.63) is 58.4 Å². The second-order valence-corrected chi connectivity index (χ2v) is 9.68. The molecular weight excluding hydrogens is 412 g/mol. The number of hydrogen-bond acceptors (Lipinski definition) is 8. The molecule has 0 fully saturated rings. The first-order valence-electron chi connectivity index (χ1n) is 7.76. The van der Waals surface area contributed by atoms with E-state index in [1.807, 2.05) is 0 Å². The van der Waals surface area contributed by atoms with E-state index in [4.69, 9.17) is 0 Å². The van der Waals surface area contributed by atoms with E-state index < -0.39 is 53.1 Å². The molecule has 0 spiro atoms. The van der Waals surface area contributed by atoms with E-state index in [1.54, 1.807) is 12.1 Å². The molecule has 28 heavy (non-hydrogen) atoms. The Morgan fingerprint density at radius 3 is 2.43 bits per heavy atom. The number of hydrogen-bond donors (Lipinski definition) is 2. The van der Waals surface area contributed by atoms with Gasteiger partial charge < -0.3 is 5.11 Å². The molecule has 0 aliphatic rings. The van der Waals surface area contributed by atoms with Crippen molar-refractivity contribution >= 4 is 25.7 Å². The summed E-state index contributed by atoms with van der Waals surface area (Å²) in [5.41, 5.74) is -0.685. The van der Waals surface area contributed by atoms with Gasteiger partial charge in [0.25, 0.3) is 5.69 Å². The first-order chi connectivity index (χ1) is 13.0. The van der Waals surface area contributed by atoms with Crippen LogP contribution in [-0.2, 0) is 20.0 Å². The summed E-state index contributed by atoms with van der Waals surface area (Å²) in [6.07, 6.45) is 0.144. The number of sulfonamides is 2. The normalized spacial score (nSPS) is 13.4. The van der Waals surface area contributed by atoms with E-state index in [0.717, 1.165) is 16.4 Å². The second kappa shape index (κ2) is 8.28. The summed E-state index contributed by atoms with van der Waals surface area (Å²) >= 11 is 0. The van der Waals surface area contributed by atoms with Crippen LogP contribution in [0.2, 0.25) is 0 Å². The van der Waals surface area contributed by atoms with E-state index in [-0.39, 0.29) is 5.69 Å². The van der Waals surface area contributed by atoms with Gasteiger partial charge >= 0.3 is 0 Å². The van der Waals surface area contributed by atoms with Crippen LogP contribution in [0, 0.1) is 10.1 Å². The molecule has 0 aliphatic heterocycles. The fourth-order valence-corrected chi connectivity index (χ4v) is 4.29. The maximum atomic E-state index is 12.5. The fourth-order valence-electron chi connectivity index (χ4n) is 2.18. The number of aromatic nitrogens is 1. The number of nitrogens with one attached hydrogen (secondary N) is 1. The zero-order valence-corrected chi connectivity index (χ0v) is 16.5. The van der Waals surface area contributed by atoms with Crippen molar-refractivity contribution in [3.8, 4) is 0 Å². The highest BCUT2D eigenvalue weighted by molar-refractivity contribution is 7.90. The predicted octanol–water partition coefficient (Wildman–Crippen LogP) is 0.252. The number of benzene rings is 1. The Morgan fingerprint density at radius 2 is 1.89 bits per heavy atom. The lowest BCUT2D eigenvalue weighted by Crippen LogP contribution is -2.29. The van der Waals surface area contributed by atoms with Crippen molar-refractivity contribution in [1.82, 2.24) is 14.0 Å². The van der Waals surface area contributed by atoms with Crippen LogP contribution in [0.5, 0.6) is 0 Å². The van der Waals surface area contributed by atoms with Gasteiger partial charge in [0.05, 0.1) is 15.5 Å². The topological polar surface area (TPSA) is 160 Å². The summed E-state index contributed by atoms with van der Waals surface area (Å²) in [4.78, 5) is 13.1. The average Bonchev–Trinajstić information content (AvgIpc) is 2.66. The molecule has 0 aliphatic carbocycles. The quantitative estimate of drug-likeness (QED) is 0.445. The maximum absolute atomic E-state index is 12.5. The highest BCUT2D eigenvalue weighted by atomic mass is 32.2. The summed E-state index contributed by atoms with van der Waals surface area (Å²) in [5.74, 6) is 0. The minimum atomic E-state index is -4.41. The first kappa shape index (κ1) is 21.8. The van der Waals surface area contributed by atoms with Crippen LogP contribution in [-0.4, -0.2) is 56.8 Å². The van der Waals surface area contributed by atoms with Crippen LogP contribution in [0.15, 0.2) is 52.4 Å². The number of rotatable bonds is 8. The number of nitro groups is 1. The SMILES string of the molecule is CN(C)S(=O)(=O)c1ccc(S(=O)(=O)NC[C@H](O)c2ccccn2)c([N+](=O)[O-])c1. The number of nitro benzene ring substituents is 1. The summed E-state index contributed by atoms with van der Waals surface area (Å²) in [7, 11) is -5.92. The van der Waals surface area contributed by atoms with E-state index in [1.165, 1.54) is 26.4 Å². The predicted molar refractivity (Wildman–Crippen MR) is 98.4 cm³/mol. The summed E-state index contributed by atoms with van der Waals surface area (Å²) in [6.45, 7) is -0.478. The fraction of sp³-hybridized carbons (Fsp3) is 0.267. The average molecular weight is 430 g/mol. The van der Waals surface area contributed by atoms with Crippen molar-refractivity contribution in [2.75, 3.05) is 20.6 Å². The molecule has 13 heteroatoms. The Hall–Kier alpha value is -2.45. The Balaban J connectivity index is 2.36. The Morgan fingerprint density at radius 1 is 1.21 bits per heavy atom. The molecular formula is C15H18N4O7S2. The van der Waals surface area contributed by atoms with Gasteiger partial charge in [-0.1, -0.05) is 6.07 Å². The zero-order valence-electron chi connectivity index (χ0n) is 14.9. The second-order valence-electron chi connectivity index (χ2n) is 5.80. The molecule has 2 aromatic rings. The van der Waals surface area contributed by atoms with Gasteiger partial charge in [0.2, 0.25) is 20.0 Å². The van der Waals surface area contributed by atoms with Crippen LogP contribution in [0.1, 0.15) is 11.8 Å². The van der Waals surface area contributed by atoms with Gasteiger partial charge in [-0.05, 0) is 24.3 Å². The van der Waals surface area contributed by atoms with Gasteiger partial charge in [0.15, 0.2) is 4.90 Å². The molecule has 11 nitrogen and oxygen atoms in total. The van der Waals surface area contributed by atoms with Gasteiger partial charge in [-0.25, -0.2) is 25.9 Å². The Bertz CT molecular complexity index is 1070. The van der Waals surface area contributed by atoms with Gasteiger partial charge in [0, 0.05) is 32.9 Å². The molecule has 0 unspecified atom stereocenters. The number of aliphatic hydroxyl groups is 1.